The third kappa shape index (κ3) is 7.77. The lowest BCUT2D eigenvalue weighted by molar-refractivity contribution is -0.151. The fourth-order valence-corrected chi connectivity index (χ4v) is 4.05. The van der Waals surface area contributed by atoms with Gasteiger partial charge in [-0.15, -0.1) is 0 Å². The van der Waals surface area contributed by atoms with E-state index in [0.29, 0.717) is 18.5 Å². The first-order chi connectivity index (χ1) is 17.4. The third-order valence-corrected chi connectivity index (χ3v) is 6.45. The first kappa shape index (κ1) is 26.6. The predicted molar refractivity (Wildman–Crippen MR) is 147 cm³/mol. The molecule has 0 saturated heterocycles. The number of nitrogens with one attached hydrogen (secondary N) is 1. The molecule has 2 aromatic carbocycles. The Morgan fingerprint density at radius 3 is 2.28 bits per heavy atom. The molecule has 0 unspecified atom stereocenters. The molecule has 1 heterocycles. The summed E-state index contributed by atoms with van der Waals surface area (Å²) in [5, 5.41) is 12.4. The SMILES string of the molecule is CCC(CC)(CC(=O)Nc1cccc(C=Cc2cccc(C=CCCc3ccccc3)n2)c1)C(=O)O. The number of aliphatic carboxylic acids is 1. The van der Waals surface area contributed by atoms with Crippen LogP contribution in [0.1, 0.15) is 62.0 Å². The third-order valence-electron chi connectivity index (χ3n) is 6.45. The van der Waals surface area contributed by atoms with Crippen molar-refractivity contribution in [3.05, 3.63) is 101 Å². The van der Waals surface area contributed by atoms with Crippen LogP contribution in [-0.2, 0) is 16.0 Å². The Bertz CT molecular complexity index is 1210. The number of nitrogens with zero attached hydrogens (tertiary/aromatic N) is 1. The first-order valence-electron chi connectivity index (χ1n) is 12.4. The number of pyridine rings is 1. The highest BCUT2D eigenvalue weighted by Crippen LogP contribution is 2.31. The van der Waals surface area contributed by atoms with E-state index in [4.69, 9.17) is 0 Å². The molecule has 0 spiro atoms. The molecule has 0 aliphatic carbocycles. The molecule has 0 aliphatic heterocycles. The van der Waals surface area contributed by atoms with Crippen LogP contribution in [0.4, 0.5) is 5.69 Å². The second-order valence-electron chi connectivity index (χ2n) is 8.89. The maximum Gasteiger partial charge on any atom is 0.310 e. The van der Waals surface area contributed by atoms with Crippen molar-refractivity contribution in [1.82, 2.24) is 4.98 Å². The minimum absolute atomic E-state index is 0.0506. The van der Waals surface area contributed by atoms with E-state index >= 15 is 0 Å². The van der Waals surface area contributed by atoms with E-state index in [-0.39, 0.29) is 12.3 Å². The van der Waals surface area contributed by atoms with E-state index < -0.39 is 11.4 Å². The topological polar surface area (TPSA) is 79.3 Å². The van der Waals surface area contributed by atoms with Gasteiger partial charge in [-0.25, -0.2) is 4.98 Å². The van der Waals surface area contributed by atoms with Crippen LogP contribution in [0.5, 0.6) is 0 Å². The number of aryl methyl sites for hydroxylation is 1. The summed E-state index contributed by atoms with van der Waals surface area (Å²) in [6, 6.07) is 23.8. The Balaban J connectivity index is 1.60. The molecule has 36 heavy (non-hydrogen) atoms. The van der Waals surface area contributed by atoms with Crippen molar-refractivity contribution in [3.8, 4) is 0 Å². The lowest BCUT2D eigenvalue weighted by atomic mass is 9.79. The van der Waals surface area contributed by atoms with Crippen LogP contribution in [0.2, 0.25) is 0 Å². The summed E-state index contributed by atoms with van der Waals surface area (Å²) in [4.78, 5) is 28.9. The molecule has 0 saturated carbocycles. The summed E-state index contributed by atoms with van der Waals surface area (Å²) in [5.41, 5.74) is 3.58. The number of carboxylic acid groups (broad SMARTS) is 1. The van der Waals surface area contributed by atoms with Crippen LogP contribution < -0.4 is 5.32 Å². The van der Waals surface area contributed by atoms with Gasteiger partial charge in [-0.1, -0.05) is 74.5 Å². The molecule has 0 fully saturated rings. The summed E-state index contributed by atoms with van der Waals surface area (Å²) in [7, 11) is 0. The smallest absolute Gasteiger partial charge is 0.310 e. The molecule has 3 rings (SSSR count). The fraction of sp³-hybridized carbons (Fsp3) is 0.258. The Morgan fingerprint density at radius 2 is 1.58 bits per heavy atom. The van der Waals surface area contributed by atoms with Crippen LogP contribution in [0.15, 0.2) is 78.9 Å². The summed E-state index contributed by atoms with van der Waals surface area (Å²) in [6.45, 7) is 3.61. The number of aromatic nitrogens is 1. The molecule has 5 heteroatoms. The number of carbonyl (C=O) groups excluding carboxylic acids is 1. The summed E-state index contributed by atoms with van der Waals surface area (Å²) >= 11 is 0. The van der Waals surface area contributed by atoms with Gasteiger partial charge in [-0.2, -0.15) is 0 Å². The number of hydrogen-bond donors (Lipinski definition) is 2. The largest absolute Gasteiger partial charge is 0.481 e. The van der Waals surface area contributed by atoms with Gasteiger partial charge in [0.15, 0.2) is 0 Å². The van der Waals surface area contributed by atoms with E-state index in [1.807, 2.05) is 60.7 Å². The van der Waals surface area contributed by atoms with Crippen LogP contribution in [0.25, 0.3) is 18.2 Å². The number of benzene rings is 2. The van der Waals surface area contributed by atoms with Gasteiger partial charge in [0.25, 0.3) is 0 Å². The molecule has 2 N–H and O–H groups in total. The van der Waals surface area contributed by atoms with Crippen LogP contribution in [0.3, 0.4) is 0 Å². The molecule has 3 aromatic rings. The highest BCUT2D eigenvalue weighted by atomic mass is 16.4. The van der Waals surface area contributed by atoms with Gasteiger partial charge in [-0.05, 0) is 73.2 Å². The van der Waals surface area contributed by atoms with E-state index in [0.717, 1.165) is 29.8 Å². The van der Waals surface area contributed by atoms with Crippen LogP contribution >= 0.6 is 0 Å². The van der Waals surface area contributed by atoms with Gasteiger partial charge in [0.1, 0.15) is 0 Å². The summed E-state index contributed by atoms with van der Waals surface area (Å²) in [6.07, 6.45) is 10.8. The van der Waals surface area contributed by atoms with Crippen molar-refractivity contribution in [1.29, 1.82) is 0 Å². The van der Waals surface area contributed by atoms with Crippen molar-refractivity contribution < 1.29 is 14.7 Å². The number of allylic oxidation sites excluding steroid dienone is 1. The molecule has 5 nitrogen and oxygen atoms in total. The molecule has 186 valence electrons. The number of carboxylic acids is 1. The van der Waals surface area contributed by atoms with E-state index in [2.05, 4.69) is 40.6 Å². The first-order valence-corrected chi connectivity index (χ1v) is 12.4. The highest BCUT2D eigenvalue weighted by molar-refractivity contribution is 5.94. The molecule has 0 atom stereocenters. The molecular weight excluding hydrogens is 448 g/mol. The minimum atomic E-state index is -1.03. The zero-order chi connectivity index (χ0) is 25.8. The lowest BCUT2D eigenvalue weighted by Gasteiger charge is -2.25. The molecule has 0 aliphatic rings. The highest BCUT2D eigenvalue weighted by Gasteiger charge is 2.37. The zero-order valence-electron chi connectivity index (χ0n) is 21.0. The standard InChI is InChI=1S/C31H34N2O3/c1-3-31(4-2,30(35)36)23-29(34)33-28-19-10-15-25(22-28)20-21-27-18-11-17-26(32-27)16-9-8-14-24-12-6-5-7-13-24/h5-7,9-13,15-22H,3-4,8,14,23H2,1-2H3,(H,33,34)(H,35,36). The van der Waals surface area contributed by atoms with E-state index in [9.17, 15) is 14.7 Å². The number of amides is 1. The van der Waals surface area contributed by atoms with Gasteiger partial charge in [-0.3, -0.25) is 9.59 Å². The van der Waals surface area contributed by atoms with Crippen LogP contribution in [0, 0.1) is 5.41 Å². The van der Waals surface area contributed by atoms with Crippen LogP contribution in [-0.4, -0.2) is 22.0 Å². The number of carbonyl (C=O) groups is 2. The quantitative estimate of drug-likeness (QED) is 0.288. The Morgan fingerprint density at radius 1 is 0.889 bits per heavy atom. The van der Waals surface area contributed by atoms with Gasteiger partial charge in [0.2, 0.25) is 5.91 Å². The number of hydrogen-bond acceptors (Lipinski definition) is 3. The maximum atomic E-state index is 12.6. The summed E-state index contributed by atoms with van der Waals surface area (Å²) < 4.78 is 0. The molecule has 0 bridgehead atoms. The van der Waals surface area contributed by atoms with Gasteiger partial charge in [0, 0.05) is 12.1 Å². The van der Waals surface area contributed by atoms with E-state index in [1.165, 1.54) is 5.56 Å². The second-order valence-corrected chi connectivity index (χ2v) is 8.89. The lowest BCUT2D eigenvalue weighted by Crippen LogP contribution is -2.34. The normalized spacial score (nSPS) is 11.7. The van der Waals surface area contributed by atoms with Crippen molar-refractivity contribution >= 4 is 35.8 Å². The van der Waals surface area contributed by atoms with Crippen molar-refractivity contribution in [3.63, 3.8) is 0 Å². The molecule has 1 aromatic heterocycles. The molecule has 0 radical (unpaired) electrons. The Kier molecular flexibility index (Phi) is 9.75. The average molecular weight is 483 g/mol. The van der Waals surface area contributed by atoms with Crippen molar-refractivity contribution in [2.45, 2.75) is 46.0 Å². The van der Waals surface area contributed by atoms with Gasteiger partial charge < -0.3 is 10.4 Å². The van der Waals surface area contributed by atoms with Crippen molar-refractivity contribution in [2.75, 3.05) is 5.32 Å². The summed E-state index contributed by atoms with van der Waals surface area (Å²) in [5.74, 6) is -1.23. The average Bonchev–Trinajstić information content (AvgIpc) is 2.89. The maximum absolute atomic E-state index is 12.6. The Hall–Kier alpha value is -3.99. The Labute approximate surface area is 213 Å². The zero-order valence-corrected chi connectivity index (χ0v) is 21.0. The predicted octanol–water partition coefficient (Wildman–Crippen LogP) is 7.12. The van der Waals surface area contributed by atoms with Gasteiger partial charge in [0.05, 0.1) is 16.8 Å². The monoisotopic (exact) mass is 482 g/mol. The fourth-order valence-electron chi connectivity index (χ4n) is 4.05. The van der Waals surface area contributed by atoms with E-state index in [1.54, 1.807) is 19.9 Å². The minimum Gasteiger partial charge on any atom is -0.481 e. The molecular formula is C31H34N2O3. The molecule has 1 amide bonds. The number of anilines is 1. The second kappa shape index (κ2) is 13.2. The van der Waals surface area contributed by atoms with Gasteiger partial charge >= 0.3 is 5.97 Å². The number of rotatable bonds is 12. The van der Waals surface area contributed by atoms with Crippen molar-refractivity contribution in [2.24, 2.45) is 5.41 Å².